The van der Waals surface area contributed by atoms with Gasteiger partial charge in [0.2, 0.25) is 15.9 Å². The lowest BCUT2D eigenvalue weighted by molar-refractivity contribution is -0.116. The number of nitrogens with zero attached hydrogens (tertiary/aromatic N) is 3. The standard InChI is InChI=1S/C25H28N4O5S2/c1-15(2)29(16(3)4)36(33,34)17-11-12-20-21(14-17)35-25(26-20)27-22(30)10-7-13-28-23(31)18-8-5-6-9-19(18)24(28)32/h5-6,8-9,11-12,14-16H,7,10,13H2,1-4H3,(H,26,27,30). The Kier molecular flexibility index (Phi) is 7.26. The molecule has 0 unspecified atom stereocenters. The number of imide groups is 1. The summed E-state index contributed by atoms with van der Waals surface area (Å²) in [6, 6.07) is 11.0. The molecular weight excluding hydrogens is 500 g/mol. The lowest BCUT2D eigenvalue weighted by atomic mass is 10.1. The van der Waals surface area contributed by atoms with Gasteiger partial charge in [-0.2, -0.15) is 4.31 Å². The van der Waals surface area contributed by atoms with Crippen LogP contribution in [-0.4, -0.2) is 59.0 Å². The average molecular weight is 529 g/mol. The molecule has 0 radical (unpaired) electrons. The van der Waals surface area contributed by atoms with Crippen molar-refractivity contribution in [3.8, 4) is 0 Å². The highest BCUT2D eigenvalue weighted by Crippen LogP contribution is 2.30. The number of carbonyl (C=O) groups excluding carboxylic acids is 3. The quantitative estimate of drug-likeness (QED) is 0.418. The molecule has 3 aromatic rings. The molecule has 2 aromatic carbocycles. The monoisotopic (exact) mass is 528 g/mol. The average Bonchev–Trinajstić information content (AvgIpc) is 3.31. The molecule has 9 nitrogen and oxygen atoms in total. The molecule has 2 heterocycles. The topological polar surface area (TPSA) is 117 Å². The third-order valence-electron chi connectivity index (χ3n) is 5.86. The molecule has 4 rings (SSSR count). The zero-order valence-electron chi connectivity index (χ0n) is 20.5. The summed E-state index contributed by atoms with van der Waals surface area (Å²) in [5.41, 5.74) is 1.35. The summed E-state index contributed by atoms with van der Waals surface area (Å²) < 4.78 is 28.5. The van der Waals surface area contributed by atoms with Gasteiger partial charge in [-0.1, -0.05) is 23.5 Å². The van der Waals surface area contributed by atoms with E-state index in [4.69, 9.17) is 0 Å². The third-order valence-corrected chi connectivity index (χ3v) is 9.04. The first-order valence-corrected chi connectivity index (χ1v) is 14.0. The van der Waals surface area contributed by atoms with Crippen molar-refractivity contribution in [2.45, 2.75) is 57.5 Å². The van der Waals surface area contributed by atoms with E-state index in [-0.39, 0.29) is 47.7 Å². The van der Waals surface area contributed by atoms with Crippen LogP contribution in [0.4, 0.5) is 5.13 Å². The van der Waals surface area contributed by atoms with Crippen LogP contribution in [0.15, 0.2) is 47.4 Å². The van der Waals surface area contributed by atoms with Crippen molar-refractivity contribution < 1.29 is 22.8 Å². The van der Waals surface area contributed by atoms with E-state index in [0.717, 1.165) is 4.90 Å². The first-order valence-electron chi connectivity index (χ1n) is 11.7. The number of rotatable bonds is 9. The van der Waals surface area contributed by atoms with E-state index in [1.54, 1.807) is 36.4 Å². The number of benzene rings is 2. The molecule has 0 saturated heterocycles. The van der Waals surface area contributed by atoms with Crippen molar-refractivity contribution in [1.29, 1.82) is 0 Å². The molecule has 0 aliphatic carbocycles. The Morgan fingerprint density at radius 1 is 1.03 bits per heavy atom. The minimum atomic E-state index is -3.69. The number of fused-ring (bicyclic) bond motifs is 2. The van der Waals surface area contributed by atoms with E-state index in [2.05, 4.69) is 10.3 Å². The highest BCUT2D eigenvalue weighted by atomic mass is 32.2. The van der Waals surface area contributed by atoms with Gasteiger partial charge in [0.15, 0.2) is 5.13 Å². The Morgan fingerprint density at radius 2 is 1.64 bits per heavy atom. The third kappa shape index (κ3) is 4.91. The molecule has 0 fully saturated rings. The number of carbonyl (C=O) groups is 3. The lowest BCUT2D eigenvalue weighted by Crippen LogP contribution is -2.41. The van der Waals surface area contributed by atoms with E-state index >= 15 is 0 Å². The fraction of sp³-hybridized carbons (Fsp3) is 0.360. The fourth-order valence-corrected chi connectivity index (χ4v) is 7.27. The fourth-order valence-electron chi connectivity index (χ4n) is 4.41. The van der Waals surface area contributed by atoms with Crippen molar-refractivity contribution >= 4 is 54.4 Å². The number of aromatic nitrogens is 1. The molecule has 1 aliphatic rings. The molecule has 1 aliphatic heterocycles. The van der Waals surface area contributed by atoms with Crippen LogP contribution in [0.3, 0.4) is 0 Å². The Hall–Kier alpha value is -3.15. The predicted molar refractivity (Wildman–Crippen MR) is 139 cm³/mol. The molecular formula is C25H28N4O5S2. The van der Waals surface area contributed by atoms with Crippen LogP contribution in [0, 0.1) is 0 Å². The van der Waals surface area contributed by atoms with Gasteiger partial charge in [-0.3, -0.25) is 19.3 Å². The maximum atomic E-state index is 13.2. The molecule has 0 spiro atoms. The van der Waals surface area contributed by atoms with Crippen LogP contribution in [0.25, 0.3) is 10.2 Å². The van der Waals surface area contributed by atoms with E-state index in [9.17, 15) is 22.8 Å². The first kappa shape index (κ1) is 25.9. The highest BCUT2D eigenvalue weighted by molar-refractivity contribution is 7.89. The number of anilines is 1. The largest absolute Gasteiger partial charge is 0.302 e. The van der Waals surface area contributed by atoms with Gasteiger partial charge >= 0.3 is 0 Å². The first-order chi connectivity index (χ1) is 17.0. The van der Waals surface area contributed by atoms with E-state index in [1.807, 2.05) is 27.7 Å². The van der Waals surface area contributed by atoms with Crippen LogP contribution in [0.1, 0.15) is 61.3 Å². The Balaban J connectivity index is 1.39. The smallest absolute Gasteiger partial charge is 0.261 e. The zero-order chi connectivity index (χ0) is 26.2. The van der Waals surface area contributed by atoms with Crippen molar-refractivity contribution in [1.82, 2.24) is 14.2 Å². The van der Waals surface area contributed by atoms with Gasteiger partial charge in [0, 0.05) is 25.0 Å². The van der Waals surface area contributed by atoms with Crippen LogP contribution < -0.4 is 5.32 Å². The summed E-state index contributed by atoms with van der Waals surface area (Å²) in [6.07, 6.45) is 0.408. The van der Waals surface area contributed by atoms with E-state index in [1.165, 1.54) is 21.7 Å². The van der Waals surface area contributed by atoms with Crippen molar-refractivity contribution in [3.05, 3.63) is 53.6 Å². The summed E-state index contributed by atoms with van der Waals surface area (Å²) in [4.78, 5) is 43.1. The van der Waals surface area contributed by atoms with Gasteiger partial charge in [0.25, 0.3) is 11.8 Å². The molecule has 0 bridgehead atoms. The maximum absolute atomic E-state index is 13.2. The number of hydrogen-bond acceptors (Lipinski definition) is 7. The summed E-state index contributed by atoms with van der Waals surface area (Å²) in [7, 11) is -3.69. The van der Waals surface area contributed by atoms with Gasteiger partial charge in [0.05, 0.1) is 26.2 Å². The van der Waals surface area contributed by atoms with Gasteiger partial charge < -0.3 is 5.32 Å². The molecule has 1 aromatic heterocycles. The van der Waals surface area contributed by atoms with Gasteiger partial charge in [0.1, 0.15) is 0 Å². The summed E-state index contributed by atoms with van der Waals surface area (Å²) in [6.45, 7) is 7.49. The van der Waals surface area contributed by atoms with Crippen LogP contribution in [-0.2, 0) is 14.8 Å². The molecule has 36 heavy (non-hydrogen) atoms. The molecule has 1 N–H and O–H groups in total. The van der Waals surface area contributed by atoms with Crippen LogP contribution in [0.2, 0.25) is 0 Å². The highest BCUT2D eigenvalue weighted by Gasteiger charge is 2.34. The SMILES string of the molecule is CC(C)N(C(C)C)S(=O)(=O)c1ccc2nc(NC(=O)CCCN3C(=O)c4ccccc4C3=O)sc2c1. The molecule has 190 valence electrons. The Bertz CT molecular complexity index is 1400. The lowest BCUT2D eigenvalue weighted by Gasteiger charge is -2.29. The summed E-state index contributed by atoms with van der Waals surface area (Å²) in [5, 5.41) is 3.09. The van der Waals surface area contributed by atoms with Crippen LogP contribution >= 0.6 is 11.3 Å². The van der Waals surface area contributed by atoms with Crippen molar-refractivity contribution in [2.75, 3.05) is 11.9 Å². The predicted octanol–water partition coefficient (Wildman–Crippen LogP) is 4.12. The van der Waals surface area contributed by atoms with Gasteiger partial charge in [-0.05, 0) is 64.4 Å². The minimum Gasteiger partial charge on any atom is -0.302 e. The zero-order valence-corrected chi connectivity index (χ0v) is 22.1. The van der Waals surface area contributed by atoms with Gasteiger partial charge in [-0.25, -0.2) is 13.4 Å². The van der Waals surface area contributed by atoms with Crippen molar-refractivity contribution in [3.63, 3.8) is 0 Å². The molecule has 0 atom stereocenters. The Labute approximate surface area is 214 Å². The van der Waals surface area contributed by atoms with Crippen LogP contribution in [0.5, 0.6) is 0 Å². The second-order valence-corrected chi connectivity index (χ2v) is 12.0. The maximum Gasteiger partial charge on any atom is 0.261 e. The van der Waals surface area contributed by atoms with E-state index < -0.39 is 10.0 Å². The summed E-state index contributed by atoms with van der Waals surface area (Å²) >= 11 is 1.19. The number of nitrogens with one attached hydrogen (secondary N) is 1. The Morgan fingerprint density at radius 3 is 2.22 bits per heavy atom. The number of thiazole rings is 1. The van der Waals surface area contributed by atoms with Gasteiger partial charge in [-0.15, -0.1) is 0 Å². The molecule has 0 saturated carbocycles. The second-order valence-electron chi connectivity index (χ2n) is 9.13. The molecule has 3 amide bonds. The normalized spacial score (nSPS) is 13.9. The molecule has 11 heteroatoms. The van der Waals surface area contributed by atoms with E-state index in [0.29, 0.717) is 32.9 Å². The second kappa shape index (κ2) is 10.1. The van der Waals surface area contributed by atoms with Crippen molar-refractivity contribution in [2.24, 2.45) is 0 Å². The number of hydrogen-bond donors (Lipinski definition) is 1. The summed E-state index contributed by atoms with van der Waals surface area (Å²) in [5.74, 6) is -0.993. The number of sulfonamides is 1. The number of amides is 3. The minimum absolute atomic E-state index is 0.0979.